The van der Waals surface area contributed by atoms with Gasteiger partial charge in [0.2, 0.25) is 0 Å². The predicted molar refractivity (Wildman–Crippen MR) is 95.7 cm³/mol. The largest absolute Gasteiger partial charge is 0.369 e. The van der Waals surface area contributed by atoms with Crippen molar-refractivity contribution < 1.29 is 0 Å². The molecule has 0 unspecified atom stereocenters. The highest BCUT2D eigenvalue weighted by molar-refractivity contribution is 7.18. The van der Waals surface area contributed by atoms with Crippen molar-refractivity contribution in [2.24, 2.45) is 0 Å². The highest BCUT2D eigenvalue weighted by Gasteiger charge is 2.12. The van der Waals surface area contributed by atoms with Crippen LogP contribution in [0.1, 0.15) is 0 Å². The van der Waals surface area contributed by atoms with E-state index >= 15 is 0 Å². The van der Waals surface area contributed by atoms with Crippen molar-refractivity contribution in [3.05, 3.63) is 43.2 Å². The first kappa shape index (κ1) is 15.0. The molecule has 7 nitrogen and oxygen atoms in total. The Kier molecular flexibility index (Phi) is 4.30. The van der Waals surface area contributed by atoms with E-state index in [-0.39, 0.29) is 0 Å². The molecule has 0 saturated carbocycles. The van der Waals surface area contributed by atoms with Gasteiger partial charge in [0.05, 0.1) is 4.88 Å². The van der Waals surface area contributed by atoms with Crippen LogP contribution in [0.15, 0.2) is 43.2 Å². The monoisotopic (exact) mass is 339 g/mol. The van der Waals surface area contributed by atoms with Crippen LogP contribution < -0.4 is 15.5 Å². The van der Waals surface area contributed by atoms with E-state index in [1.165, 1.54) is 12.0 Å². The first-order valence-electron chi connectivity index (χ1n) is 7.78. The molecule has 0 bridgehead atoms. The molecule has 0 spiro atoms. The molecule has 122 valence electrons. The number of thiazole rings is 1. The second-order valence-corrected chi connectivity index (χ2v) is 6.45. The van der Waals surface area contributed by atoms with E-state index in [2.05, 4.69) is 41.5 Å². The molecule has 1 saturated heterocycles. The Bertz CT molecular complexity index is 799. The van der Waals surface area contributed by atoms with Gasteiger partial charge >= 0.3 is 0 Å². The molecule has 1 aliphatic heterocycles. The molecule has 2 N–H and O–H groups in total. The molecule has 1 fully saturated rings. The summed E-state index contributed by atoms with van der Waals surface area (Å²) in [4.78, 5) is 20.3. The van der Waals surface area contributed by atoms with Crippen molar-refractivity contribution in [1.82, 2.24) is 25.3 Å². The average Bonchev–Trinajstić information content (AvgIpc) is 3.12. The van der Waals surface area contributed by atoms with E-state index < -0.39 is 0 Å². The van der Waals surface area contributed by atoms with E-state index in [4.69, 9.17) is 0 Å². The second-order valence-electron chi connectivity index (χ2n) is 5.42. The standard InChI is InChI=1S/C16H17N7S/c1-2-20-15(7-13(1)23-5-3-17-4-6-23)22-16-21-10-14(24-16)12-8-18-11-19-9-12/h1-2,7-11,17H,3-6H2,(H,20,21,22). The van der Waals surface area contributed by atoms with Crippen LogP contribution in [-0.2, 0) is 0 Å². The predicted octanol–water partition coefficient (Wildman–Crippen LogP) is 2.15. The lowest BCUT2D eigenvalue weighted by molar-refractivity contribution is 0.589. The first-order chi connectivity index (χ1) is 11.9. The van der Waals surface area contributed by atoms with Crippen LogP contribution >= 0.6 is 11.3 Å². The lowest BCUT2D eigenvalue weighted by Gasteiger charge is -2.29. The molecule has 8 heteroatoms. The molecule has 4 rings (SSSR count). The molecule has 3 aromatic rings. The van der Waals surface area contributed by atoms with Crippen molar-refractivity contribution in [2.75, 3.05) is 36.4 Å². The molecule has 4 heterocycles. The molecule has 0 aliphatic carbocycles. The van der Waals surface area contributed by atoms with Crippen LogP contribution in [0, 0.1) is 0 Å². The van der Waals surface area contributed by atoms with Gasteiger partial charge in [-0.1, -0.05) is 11.3 Å². The van der Waals surface area contributed by atoms with Gasteiger partial charge in [0.25, 0.3) is 0 Å². The van der Waals surface area contributed by atoms with Crippen LogP contribution in [0.5, 0.6) is 0 Å². The topological polar surface area (TPSA) is 78.9 Å². The number of hydrogen-bond donors (Lipinski definition) is 2. The Hall–Kier alpha value is -2.58. The fourth-order valence-electron chi connectivity index (χ4n) is 2.61. The van der Waals surface area contributed by atoms with Gasteiger partial charge in [-0.2, -0.15) is 0 Å². The Morgan fingerprint density at radius 2 is 1.92 bits per heavy atom. The third-order valence-electron chi connectivity index (χ3n) is 3.81. The molecular weight excluding hydrogens is 322 g/mol. The van der Waals surface area contributed by atoms with Crippen LogP contribution in [-0.4, -0.2) is 46.1 Å². The molecule has 3 aromatic heterocycles. The molecule has 0 amide bonds. The maximum absolute atomic E-state index is 4.42. The Labute approximate surface area is 143 Å². The zero-order chi connectivity index (χ0) is 16.2. The van der Waals surface area contributed by atoms with E-state index in [0.717, 1.165) is 47.6 Å². The highest BCUT2D eigenvalue weighted by atomic mass is 32.1. The zero-order valence-electron chi connectivity index (χ0n) is 13.0. The summed E-state index contributed by atoms with van der Waals surface area (Å²) in [5.41, 5.74) is 2.15. The number of aromatic nitrogens is 4. The SMILES string of the molecule is c1ncc(-c2cnc(Nc3cc(N4CCNCC4)ccn3)s2)cn1. The van der Waals surface area contributed by atoms with Gasteiger partial charge in [-0.05, 0) is 6.07 Å². The van der Waals surface area contributed by atoms with Crippen molar-refractivity contribution >= 4 is 28.0 Å². The van der Waals surface area contributed by atoms with Gasteiger partial charge in [-0.15, -0.1) is 0 Å². The summed E-state index contributed by atoms with van der Waals surface area (Å²) in [6.45, 7) is 4.05. The number of hydrogen-bond acceptors (Lipinski definition) is 8. The number of nitrogens with zero attached hydrogens (tertiary/aromatic N) is 5. The number of nitrogens with one attached hydrogen (secondary N) is 2. The van der Waals surface area contributed by atoms with Gasteiger partial charge in [-0.3, -0.25) is 0 Å². The number of pyridine rings is 1. The number of rotatable bonds is 4. The Balaban J connectivity index is 1.50. The minimum absolute atomic E-state index is 0.802. The summed E-state index contributed by atoms with van der Waals surface area (Å²) in [7, 11) is 0. The second kappa shape index (κ2) is 6.90. The summed E-state index contributed by atoms with van der Waals surface area (Å²) >= 11 is 1.56. The average molecular weight is 339 g/mol. The minimum atomic E-state index is 0.802. The maximum atomic E-state index is 4.42. The summed E-state index contributed by atoms with van der Waals surface area (Å²) < 4.78 is 0. The zero-order valence-corrected chi connectivity index (χ0v) is 13.8. The van der Waals surface area contributed by atoms with Gasteiger partial charge in [0, 0.05) is 68.3 Å². The lowest BCUT2D eigenvalue weighted by atomic mass is 10.3. The Morgan fingerprint density at radius 1 is 1.08 bits per heavy atom. The normalized spacial score (nSPS) is 14.6. The van der Waals surface area contributed by atoms with Crippen LogP contribution in [0.2, 0.25) is 0 Å². The van der Waals surface area contributed by atoms with Gasteiger partial charge in [0.1, 0.15) is 12.1 Å². The van der Waals surface area contributed by atoms with Crippen molar-refractivity contribution in [3.63, 3.8) is 0 Å². The molecule has 0 atom stereocenters. The minimum Gasteiger partial charge on any atom is -0.369 e. The Morgan fingerprint density at radius 3 is 2.75 bits per heavy atom. The number of anilines is 3. The van der Waals surface area contributed by atoms with Crippen molar-refractivity contribution in [3.8, 4) is 10.4 Å². The van der Waals surface area contributed by atoms with Gasteiger partial charge < -0.3 is 15.5 Å². The van der Waals surface area contributed by atoms with Gasteiger partial charge in [-0.25, -0.2) is 19.9 Å². The quantitative estimate of drug-likeness (QED) is 0.754. The fourth-order valence-corrected chi connectivity index (χ4v) is 3.41. The summed E-state index contributed by atoms with van der Waals surface area (Å²) in [6.07, 6.45) is 8.75. The van der Waals surface area contributed by atoms with Gasteiger partial charge in [0.15, 0.2) is 5.13 Å². The highest BCUT2D eigenvalue weighted by Crippen LogP contribution is 2.30. The maximum Gasteiger partial charge on any atom is 0.188 e. The van der Waals surface area contributed by atoms with Crippen molar-refractivity contribution in [2.45, 2.75) is 0 Å². The molecule has 0 radical (unpaired) electrons. The molecular formula is C16H17N7S. The summed E-state index contributed by atoms with van der Waals surface area (Å²) in [6, 6.07) is 4.11. The third kappa shape index (κ3) is 3.34. The van der Waals surface area contributed by atoms with E-state index in [0.29, 0.717) is 0 Å². The van der Waals surface area contributed by atoms with Crippen LogP contribution in [0.3, 0.4) is 0 Å². The molecule has 1 aliphatic rings. The van der Waals surface area contributed by atoms with E-state index in [1.54, 1.807) is 23.7 Å². The van der Waals surface area contributed by atoms with Crippen LogP contribution in [0.25, 0.3) is 10.4 Å². The van der Waals surface area contributed by atoms with E-state index in [1.807, 2.05) is 18.5 Å². The van der Waals surface area contributed by atoms with Crippen LogP contribution in [0.4, 0.5) is 16.6 Å². The third-order valence-corrected chi connectivity index (χ3v) is 4.77. The molecule has 24 heavy (non-hydrogen) atoms. The smallest absolute Gasteiger partial charge is 0.188 e. The van der Waals surface area contributed by atoms with Crippen molar-refractivity contribution in [1.29, 1.82) is 0 Å². The number of piperazine rings is 1. The summed E-state index contributed by atoms with van der Waals surface area (Å²) in [5, 5.41) is 7.46. The fraction of sp³-hybridized carbons (Fsp3) is 0.250. The van der Waals surface area contributed by atoms with E-state index in [9.17, 15) is 0 Å². The molecule has 0 aromatic carbocycles. The lowest BCUT2D eigenvalue weighted by Crippen LogP contribution is -2.43. The summed E-state index contributed by atoms with van der Waals surface area (Å²) in [5.74, 6) is 0.802. The first-order valence-corrected chi connectivity index (χ1v) is 8.60.